The summed E-state index contributed by atoms with van der Waals surface area (Å²) in [5.74, 6) is 0.883. The molecule has 10 heteroatoms. The standard InChI is InChI=1S/C29H30N6O4/c1-33-18-21(17-31-33)19-4-6-24-23(15-19)27-28(39-24)26(32-29(36)35(27)9-8-22-3-2-12-38-22)20-5-7-25(30-16-20)34-10-13-37-14-11-34/h4-7,15-18,22H,2-3,8-14H2,1H3. The molecule has 2 aliphatic heterocycles. The van der Waals surface area contributed by atoms with Crippen LogP contribution >= 0.6 is 0 Å². The van der Waals surface area contributed by atoms with Crippen LogP contribution in [0.3, 0.4) is 0 Å². The molecule has 0 amide bonds. The molecule has 2 aliphatic rings. The second kappa shape index (κ2) is 9.94. The number of hydrogen-bond donors (Lipinski definition) is 0. The fourth-order valence-corrected chi connectivity index (χ4v) is 5.62. The van der Waals surface area contributed by atoms with Crippen molar-refractivity contribution in [3.63, 3.8) is 0 Å². The Labute approximate surface area is 224 Å². The van der Waals surface area contributed by atoms with Gasteiger partial charge in [0, 0.05) is 62.2 Å². The van der Waals surface area contributed by atoms with Crippen molar-refractivity contribution in [2.75, 3.05) is 37.8 Å². The number of rotatable bonds is 6. The van der Waals surface area contributed by atoms with E-state index in [9.17, 15) is 4.79 Å². The van der Waals surface area contributed by atoms with Crippen molar-refractivity contribution >= 4 is 27.9 Å². The summed E-state index contributed by atoms with van der Waals surface area (Å²) >= 11 is 0. The molecule has 1 aromatic carbocycles. The fourth-order valence-electron chi connectivity index (χ4n) is 5.62. The topological polar surface area (TPSA) is 100 Å². The van der Waals surface area contributed by atoms with Crippen molar-refractivity contribution in [2.24, 2.45) is 7.05 Å². The van der Waals surface area contributed by atoms with Crippen LogP contribution in [0.5, 0.6) is 0 Å². The normalized spacial score (nSPS) is 18.0. The molecular weight excluding hydrogens is 496 g/mol. The molecule has 0 aliphatic carbocycles. The van der Waals surface area contributed by atoms with Crippen LogP contribution in [0.4, 0.5) is 5.82 Å². The summed E-state index contributed by atoms with van der Waals surface area (Å²) in [7, 11) is 1.90. The lowest BCUT2D eigenvalue weighted by Gasteiger charge is -2.27. The van der Waals surface area contributed by atoms with Crippen molar-refractivity contribution in [3.8, 4) is 22.4 Å². The minimum absolute atomic E-state index is 0.160. The van der Waals surface area contributed by atoms with Crippen molar-refractivity contribution in [3.05, 3.63) is 59.4 Å². The Hall–Kier alpha value is -4.02. The Kier molecular flexibility index (Phi) is 6.13. The van der Waals surface area contributed by atoms with Crippen LogP contribution in [0.25, 0.3) is 44.5 Å². The number of aryl methyl sites for hydroxylation is 2. The van der Waals surface area contributed by atoms with E-state index < -0.39 is 0 Å². The molecule has 200 valence electrons. The number of furan rings is 1. The molecule has 7 rings (SSSR count). The van der Waals surface area contributed by atoms with Gasteiger partial charge in [-0.25, -0.2) is 9.78 Å². The Morgan fingerprint density at radius 3 is 2.64 bits per heavy atom. The van der Waals surface area contributed by atoms with Gasteiger partial charge >= 0.3 is 5.69 Å². The van der Waals surface area contributed by atoms with Gasteiger partial charge in [-0.3, -0.25) is 9.25 Å². The summed E-state index contributed by atoms with van der Waals surface area (Å²) in [5, 5.41) is 5.19. The Morgan fingerprint density at radius 2 is 1.90 bits per heavy atom. The first-order valence-corrected chi connectivity index (χ1v) is 13.5. The molecule has 4 aromatic heterocycles. The molecule has 1 unspecified atom stereocenters. The zero-order valence-electron chi connectivity index (χ0n) is 21.9. The highest BCUT2D eigenvalue weighted by Gasteiger charge is 2.23. The number of anilines is 1. The van der Waals surface area contributed by atoms with Gasteiger partial charge in [-0.15, -0.1) is 0 Å². The summed E-state index contributed by atoms with van der Waals surface area (Å²) in [5.41, 5.74) is 4.99. The van der Waals surface area contributed by atoms with Crippen LogP contribution in [0, 0.1) is 0 Å². The lowest BCUT2D eigenvalue weighted by atomic mass is 10.1. The number of fused-ring (bicyclic) bond motifs is 3. The van der Waals surface area contributed by atoms with Gasteiger partial charge in [0.2, 0.25) is 0 Å². The SMILES string of the molecule is Cn1cc(-c2ccc3oc4c(-c5ccc(N6CCOCC6)nc5)nc(=O)n(CCC5CCCO5)c4c3c2)cn1. The average molecular weight is 527 g/mol. The van der Waals surface area contributed by atoms with E-state index in [4.69, 9.17) is 18.9 Å². The van der Waals surface area contributed by atoms with Crippen molar-refractivity contribution in [1.29, 1.82) is 0 Å². The maximum Gasteiger partial charge on any atom is 0.348 e. The molecule has 0 radical (unpaired) electrons. The van der Waals surface area contributed by atoms with Gasteiger partial charge in [0.25, 0.3) is 0 Å². The van der Waals surface area contributed by atoms with Gasteiger partial charge in [0.1, 0.15) is 22.6 Å². The molecule has 0 N–H and O–H groups in total. The minimum Gasteiger partial charge on any atom is -0.452 e. The lowest BCUT2D eigenvalue weighted by molar-refractivity contribution is 0.100. The van der Waals surface area contributed by atoms with Gasteiger partial charge in [0.15, 0.2) is 5.58 Å². The minimum atomic E-state index is -0.303. The quantitative estimate of drug-likeness (QED) is 0.327. The van der Waals surface area contributed by atoms with Gasteiger partial charge in [-0.1, -0.05) is 6.07 Å². The number of nitrogens with zero attached hydrogens (tertiary/aromatic N) is 6. The first-order valence-electron chi connectivity index (χ1n) is 13.5. The Bertz CT molecular complexity index is 1690. The maximum absolute atomic E-state index is 13.6. The molecule has 0 saturated carbocycles. The second-order valence-electron chi connectivity index (χ2n) is 10.2. The number of pyridine rings is 1. The van der Waals surface area contributed by atoms with Crippen LogP contribution in [0.2, 0.25) is 0 Å². The van der Waals surface area contributed by atoms with Crippen LogP contribution in [-0.2, 0) is 23.1 Å². The van der Waals surface area contributed by atoms with E-state index in [1.54, 1.807) is 15.4 Å². The zero-order chi connectivity index (χ0) is 26.3. The van der Waals surface area contributed by atoms with E-state index in [0.717, 1.165) is 72.4 Å². The monoisotopic (exact) mass is 526 g/mol. The smallest absolute Gasteiger partial charge is 0.348 e. The largest absolute Gasteiger partial charge is 0.452 e. The first kappa shape index (κ1) is 24.1. The molecule has 6 heterocycles. The molecule has 1 atom stereocenters. The van der Waals surface area contributed by atoms with Gasteiger partial charge in [-0.05, 0) is 49.1 Å². The van der Waals surface area contributed by atoms with E-state index in [1.807, 2.05) is 43.7 Å². The van der Waals surface area contributed by atoms with E-state index in [-0.39, 0.29) is 11.8 Å². The highest BCUT2D eigenvalue weighted by molar-refractivity contribution is 6.07. The molecule has 2 fully saturated rings. The van der Waals surface area contributed by atoms with Gasteiger partial charge < -0.3 is 18.8 Å². The molecule has 5 aromatic rings. The molecule has 39 heavy (non-hydrogen) atoms. The van der Waals surface area contributed by atoms with Gasteiger partial charge in [0.05, 0.1) is 25.5 Å². The first-order chi connectivity index (χ1) is 19.1. The molecule has 0 spiro atoms. The highest BCUT2D eigenvalue weighted by Crippen LogP contribution is 2.36. The summed E-state index contributed by atoms with van der Waals surface area (Å²) < 4.78 is 21.2. The van der Waals surface area contributed by atoms with Crippen LogP contribution in [0.1, 0.15) is 19.3 Å². The van der Waals surface area contributed by atoms with E-state index in [1.165, 1.54) is 0 Å². The maximum atomic E-state index is 13.6. The van der Waals surface area contributed by atoms with E-state index >= 15 is 0 Å². The lowest BCUT2D eigenvalue weighted by Crippen LogP contribution is -2.36. The predicted molar refractivity (Wildman–Crippen MR) is 148 cm³/mol. The van der Waals surface area contributed by atoms with Crippen molar-refractivity contribution in [2.45, 2.75) is 31.9 Å². The van der Waals surface area contributed by atoms with Crippen LogP contribution < -0.4 is 10.6 Å². The molecular formula is C29H30N6O4. The van der Waals surface area contributed by atoms with Gasteiger partial charge in [-0.2, -0.15) is 10.1 Å². The van der Waals surface area contributed by atoms with E-state index in [0.29, 0.717) is 36.6 Å². The second-order valence-corrected chi connectivity index (χ2v) is 10.2. The average Bonchev–Trinajstić information content (AvgIpc) is 3.73. The predicted octanol–water partition coefficient (Wildman–Crippen LogP) is 4.01. The molecule has 0 bridgehead atoms. The van der Waals surface area contributed by atoms with Crippen LogP contribution in [0.15, 0.2) is 58.1 Å². The number of hydrogen-bond acceptors (Lipinski definition) is 8. The molecule has 10 nitrogen and oxygen atoms in total. The van der Waals surface area contributed by atoms with Crippen molar-refractivity contribution in [1.82, 2.24) is 24.3 Å². The number of aromatic nitrogens is 5. The summed E-state index contributed by atoms with van der Waals surface area (Å²) in [6.07, 6.45) is 8.57. The van der Waals surface area contributed by atoms with Crippen LogP contribution in [-0.4, -0.2) is 63.3 Å². The Morgan fingerprint density at radius 1 is 1.03 bits per heavy atom. The molecule has 2 saturated heterocycles. The number of morpholine rings is 1. The third-order valence-electron chi connectivity index (χ3n) is 7.68. The third kappa shape index (κ3) is 4.49. The fraction of sp³-hybridized carbons (Fsp3) is 0.379. The van der Waals surface area contributed by atoms with Crippen molar-refractivity contribution < 1.29 is 13.9 Å². The number of ether oxygens (including phenoxy) is 2. The highest BCUT2D eigenvalue weighted by atomic mass is 16.5. The zero-order valence-corrected chi connectivity index (χ0v) is 21.9. The third-order valence-corrected chi connectivity index (χ3v) is 7.68. The van der Waals surface area contributed by atoms with E-state index in [2.05, 4.69) is 21.0 Å². The summed E-state index contributed by atoms with van der Waals surface area (Å²) in [4.78, 5) is 25.0. The Balaban J connectivity index is 1.36. The summed E-state index contributed by atoms with van der Waals surface area (Å²) in [6, 6.07) is 9.98. The summed E-state index contributed by atoms with van der Waals surface area (Å²) in [6.45, 7) is 4.28. The number of benzene rings is 1.